The second-order valence-corrected chi connectivity index (χ2v) is 4.74. The Bertz CT molecular complexity index is 540. The number of ether oxygens (including phenoxy) is 1. The third-order valence-corrected chi connectivity index (χ3v) is 3.17. The number of hydrogen-bond acceptors (Lipinski definition) is 2. The van der Waals surface area contributed by atoms with Crippen LogP contribution in [0.1, 0.15) is 24.0 Å². The minimum absolute atomic E-state index is 0.567. The van der Waals surface area contributed by atoms with Crippen LogP contribution >= 0.6 is 0 Å². The molecule has 2 aromatic rings. The Morgan fingerprint density at radius 3 is 2.25 bits per heavy atom. The van der Waals surface area contributed by atoms with E-state index < -0.39 is 0 Å². The van der Waals surface area contributed by atoms with Gasteiger partial charge < -0.3 is 4.74 Å². The average molecular weight is 265 g/mol. The fraction of sp³-hybridized carbons (Fsp3) is 0.278. The van der Waals surface area contributed by atoms with E-state index in [2.05, 4.69) is 30.3 Å². The standard InChI is InChI=1S/C18H19NO/c19-14-4-8-17-10-12-18(13-11-17)20-15-5-9-16-6-2-1-3-7-16/h1-3,6-7,10-13H,4-5,8-9,15H2. The Morgan fingerprint density at radius 2 is 1.55 bits per heavy atom. The van der Waals surface area contributed by atoms with Crippen molar-refractivity contribution in [2.75, 3.05) is 6.61 Å². The van der Waals surface area contributed by atoms with E-state index in [1.54, 1.807) is 0 Å². The van der Waals surface area contributed by atoms with Gasteiger partial charge in [-0.05, 0) is 42.5 Å². The number of benzene rings is 2. The molecule has 2 aromatic carbocycles. The Balaban J connectivity index is 1.70. The first-order valence-electron chi connectivity index (χ1n) is 7.01. The lowest BCUT2D eigenvalue weighted by molar-refractivity contribution is 0.311. The molecule has 0 unspecified atom stereocenters. The Kier molecular flexibility index (Phi) is 5.67. The fourth-order valence-corrected chi connectivity index (χ4v) is 2.06. The van der Waals surface area contributed by atoms with Gasteiger partial charge in [-0.3, -0.25) is 0 Å². The molecule has 0 atom stereocenters. The molecule has 2 heteroatoms. The normalized spacial score (nSPS) is 9.95. The highest BCUT2D eigenvalue weighted by Crippen LogP contribution is 2.14. The van der Waals surface area contributed by atoms with Gasteiger partial charge >= 0.3 is 0 Å². The molecule has 20 heavy (non-hydrogen) atoms. The van der Waals surface area contributed by atoms with Gasteiger partial charge in [0.1, 0.15) is 5.75 Å². The van der Waals surface area contributed by atoms with Gasteiger partial charge in [0.05, 0.1) is 12.7 Å². The lowest BCUT2D eigenvalue weighted by Crippen LogP contribution is -1.99. The molecule has 0 radical (unpaired) electrons. The molecule has 0 N–H and O–H groups in total. The molecule has 0 heterocycles. The van der Waals surface area contributed by atoms with Gasteiger partial charge in [0.15, 0.2) is 0 Å². The molecular weight excluding hydrogens is 246 g/mol. The highest BCUT2D eigenvalue weighted by Gasteiger charge is 1.97. The van der Waals surface area contributed by atoms with E-state index in [1.807, 2.05) is 30.3 Å². The highest BCUT2D eigenvalue weighted by atomic mass is 16.5. The van der Waals surface area contributed by atoms with E-state index >= 15 is 0 Å². The minimum atomic E-state index is 0.567. The predicted octanol–water partition coefficient (Wildman–Crippen LogP) is 4.15. The summed E-state index contributed by atoms with van der Waals surface area (Å²) in [5.41, 5.74) is 2.53. The first-order valence-corrected chi connectivity index (χ1v) is 7.01. The van der Waals surface area contributed by atoms with E-state index in [4.69, 9.17) is 10.00 Å². The maximum atomic E-state index is 8.54. The van der Waals surface area contributed by atoms with Gasteiger partial charge in [-0.1, -0.05) is 42.5 Å². The lowest BCUT2D eigenvalue weighted by atomic mass is 10.1. The topological polar surface area (TPSA) is 33.0 Å². The molecule has 0 spiro atoms. The molecular formula is C18H19NO. The number of aryl methyl sites for hydroxylation is 2. The van der Waals surface area contributed by atoms with Crippen LogP contribution < -0.4 is 4.74 Å². The molecule has 0 amide bonds. The van der Waals surface area contributed by atoms with Gasteiger partial charge in [-0.2, -0.15) is 5.26 Å². The molecule has 0 saturated heterocycles. The van der Waals surface area contributed by atoms with Crippen molar-refractivity contribution in [3.05, 3.63) is 65.7 Å². The van der Waals surface area contributed by atoms with Crippen LogP contribution in [0, 0.1) is 11.3 Å². The van der Waals surface area contributed by atoms with Gasteiger partial charge in [-0.25, -0.2) is 0 Å². The second-order valence-electron chi connectivity index (χ2n) is 4.74. The molecule has 102 valence electrons. The first kappa shape index (κ1) is 14.1. The van der Waals surface area contributed by atoms with Crippen molar-refractivity contribution in [2.24, 2.45) is 0 Å². The zero-order chi connectivity index (χ0) is 14.0. The average Bonchev–Trinajstić information content (AvgIpc) is 2.52. The van der Waals surface area contributed by atoms with E-state index in [-0.39, 0.29) is 0 Å². The third kappa shape index (κ3) is 4.78. The van der Waals surface area contributed by atoms with Gasteiger partial charge in [-0.15, -0.1) is 0 Å². The van der Waals surface area contributed by atoms with Crippen LogP contribution in [0.25, 0.3) is 0 Å². The molecule has 0 fully saturated rings. The molecule has 0 aromatic heterocycles. The lowest BCUT2D eigenvalue weighted by Gasteiger charge is -2.07. The van der Waals surface area contributed by atoms with Crippen molar-refractivity contribution in [1.82, 2.24) is 0 Å². The predicted molar refractivity (Wildman–Crippen MR) is 80.6 cm³/mol. The summed E-state index contributed by atoms with van der Waals surface area (Å²) in [6.07, 6.45) is 3.43. The Hall–Kier alpha value is -2.27. The summed E-state index contributed by atoms with van der Waals surface area (Å²) in [5, 5.41) is 8.54. The zero-order valence-corrected chi connectivity index (χ0v) is 11.6. The molecule has 0 aliphatic heterocycles. The van der Waals surface area contributed by atoms with Crippen LogP contribution in [0.5, 0.6) is 5.75 Å². The number of nitriles is 1. The molecule has 2 rings (SSSR count). The largest absolute Gasteiger partial charge is 0.494 e. The monoisotopic (exact) mass is 265 g/mol. The molecule has 0 saturated carbocycles. The summed E-state index contributed by atoms with van der Waals surface area (Å²) < 4.78 is 5.72. The minimum Gasteiger partial charge on any atom is -0.494 e. The molecule has 0 aliphatic carbocycles. The number of rotatable bonds is 7. The number of hydrogen-bond donors (Lipinski definition) is 0. The maximum absolute atomic E-state index is 8.54. The van der Waals surface area contributed by atoms with E-state index in [1.165, 1.54) is 11.1 Å². The quantitative estimate of drug-likeness (QED) is 0.704. The summed E-state index contributed by atoms with van der Waals surface area (Å²) in [6.45, 7) is 0.729. The van der Waals surface area contributed by atoms with Crippen molar-refractivity contribution in [2.45, 2.75) is 25.7 Å². The smallest absolute Gasteiger partial charge is 0.119 e. The summed E-state index contributed by atoms with van der Waals surface area (Å²) in [7, 11) is 0. The summed E-state index contributed by atoms with van der Waals surface area (Å²) in [4.78, 5) is 0. The van der Waals surface area contributed by atoms with E-state index in [0.717, 1.165) is 31.6 Å². The van der Waals surface area contributed by atoms with Crippen molar-refractivity contribution < 1.29 is 4.74 Å². The van der Waals surface area contributed by atoms with Gasteiger partial charge in [0.25, 0.3) is 0 Å². The highest BCUT2D eigenvalue weighted by molar-refractivity contribution is 5.27. The summed E-state index contributed by atoms with van der Waals surface area (Å²) >= 11 is 0. The summed E-state index contributed by atoms with van der Waals surface area (Å²) in [5.74, 6) is 0.902. The first-order chi connectivity index (χ1) is 9.88. The third-order valence-electron chi connectivity index (χ3n) is 3.17. The van der Waals surface area contributed by atoms with Crippen LogP contribution in [0.15, 0.2) is 54.6 Å². The number of nitrogens with zero attached hydrogens (tertiary/aromatic N) is 1. The zero-order valence-electron chi connectivity index (χ0n) is 11.6. The Morgan fingerprint density at radius 1 is 0.850 bits per heavy atom. The second kappa shape index (κ2) is 8.01. The summed E-state index contributed by atoms with van der Waals surface area (Å²) in [6, 6.07) is 20.6. The Labute approximate surface area is 120 Å². The molecule has 2 nitrogen and oxygen atoms in total. The van der Waals surface area contributed by atoms with Crippen molar-refractivity contribution in [1.29, 1.82) is 5.26 Å². The van der Waals surface area contributed by atoms with E-state index in [9.17, 15) is 0 Å². The van der Waals surface area contributed by atoms with Crippen LogP contribution in [0.3, 0.4) is 0 Å². The van der Waals surface area contributed by atoms with Crippen LogP contribution in [0.2, 0.25) is 0 Å². The van der Waals surface area contributed by atoms with E-state index in [0.29, 0.717) is 6.42 Å². The maximum Gasteiger partial charge on any atom is 0.119 e. The van der Waals surface area contributed by atoms with Crippen LogP contribution in [0.4, 0.5) is 0 Å². The van der Waals surface area contributed by atoms with Crippen molar-refractivity contribution >= 4 is 0 Å². The fourth-order valence-electron chi connectivity index (χ4n) is 2.06. The van der Waals surface area contributed by atoms with Crippen molar-refractivity contribution in [3.8, 4) is 11.8 Å². The van der Waals surface area contributed by atoms with Crippen LogP contribution in [-0.2, 0) is 12.8 Å². The van der Waals surface area contributed by atoms with Gasteiger partial charge in [0.2, 0.25) is 0 Å². The van der Waals surface area contributed by atoms with Gasteiger partial charge in [0, 0.05) is 6.42 Å². The van der Waals surface area contributed by atoms with Crippen molar-refractivity contribution in [3.63, 3.8) is 0 Å². The SMILES string of the molecule is N#CCCc1ccc(OCCCc2ccccc2)cc1. The molecule has 0 aliphatic rings. The molecule has 0 bridgehead atoms. The van der Waals surface area contributed by atoms with Crippen LogP contribution in [-0.4, -0.2) is 6.61 Å².